The SMILES string of the molecule is CCCC1(OC(=O)C2C3OC4C(OC(=O)C42)C3OC(=O)COCC(=O)OC(C)C(F)(F)S(=O)(=O)O)CCCCC1. The van der Waals surface area contributed by atoms with Gasteiger partial charge in [-0.25, -0.2) is 9.59 Å². The molecule has 0 aromatic carbocycles. The fraction of sp³-hybridized carbons (Fsp3) is 0.833. The van der Waals surface area contributed by atoms with E-state index in [0.717, 1.165) is 38.5 Å². The van der Waals surface area contributed by atoms with Crippen molar-refractivity contribution in [3.8, 4) is 0 Å². The highest BCUT2D eigenvalue weighted by molar-refractivity contribution is 7.86. The zero-order valence-corrected chi connectivity index (χ0v) is 22.7. The summed E-state index contributed by atoms with van der Waals surface area (Å²) in [6.07, 6.45) is -0.610. The quantitative estimate of drug-likeness (QED) is 0.193. The topological polar surface area (TPSA) is 178 Å². The fourth-order valence-corrected chi connectivity index (χ4v) is 6.46. The van der Waals surface area contributed by atoms with Crippen molar-refractivity contribution in [1.29, 1.82) is 0 Å². The van der Waals surface area contributed by atoms with Crippen molar-refractivity contribution in [2.75, 3.05) is 13.2 Å². The van der Waals surface area contributed by atoms with Gasteiger partial charge in [-0.2, -0.15) is 17.2 Å². The molecule has 3 heterocycles. The van der Waals surface area contributed by atoms with E-state index in [1.165, 1.54) is 0 Å². The molecular formula is C24H32F2O13S. The smallest absolute Gasteiger partial charge is 0.405 e. The maximum Gasteiger partial charge on any atom is 0.405 e. The van der Waals surface area contributed by atoms with Crippen LogP contribution >= 0.6 is 0 Å². The lowest BCUT2D eigenvalue weighted by molar-refractivity contribution is -0.179. The normalized spacial score (nSPS) is 31.4. The van der Waals surface area contributed by atoms with Crippen molar-refractivity contribution in [3.63, 3.8) is 0 Å². The third kappa shape index (κ3) is 5.81. The van der Waals surface area contributed by atoms with E-state index in [4.69, 9.17) is 28.2 Å². The lowest BCUT2D eigenvalue weighted by atomic mass is 9.77. The van der Waals surface area contributed by atoms with E-state index in [0.29, 0.717) is 13.3 Å². The Morgan fingerprint density at radius 2 is 1.75 bits per heavy atom. The maximum atomic E-state index is 13.5. The molecule has 1 N–H and O–H groups in total. The Morgan fingerprint density at radius 3 is 2.38 bits per heavy atom. The number of halogens is 2. The average molecular weight is 599 g/mol. The molecule has 7 atom stereocenters. The Hall–Kier alpha value is -2.43. The van der Waals surface area contributed by atoms with Crippen molar-refractivity contribution in [2.24, 2.45) is 11.8 Å². The number of carbonyl (C=O) groups is 4. The average Bonchev–Trinajstić information content (AvgIpc) is 3.48. The second kappa shape index (κ2) is 11.4. The van der Waals surface area contributed by atoms with Gasteiger partial charge in [0.25, 0.3) is 0 Å². The summed E-state index contributed by atoms with van der Waals surface area (Å²) in [5.41, 5.74) is -0.620. The van der Waals surface area contributed by atoms with Crippen molar-refractivity contribution in [1.82, 2.24) is 0 Å². The molecule has 40 heavy (non-hydrogen) atoms. The summed E-state index contributed by atoms with van der Waals surface area (Å²) in [6.45, 7) is 0.662. The zero-order valence-electron chi connectivity index (χ0n) is 21.9. The van der Waals surface area contributed by atoms with E-state index in [2.05, 4.69) is 4.74 Å². The van der Waals surface area contributed by atoms with Gasteiger partial charge in [0.1, 0.15) is 42.9 Å². The number of rotatable bonds is 12. The van der Waals surface area contributed by atoms with Crippen LogP contribution in [-0.4, -0.2) is 91.4 Å². The first-order chi connectivity index (χ1) is 18.7. The fourth-order valence-electron chi connectivity index (χ4n) is 5.99. The number of hydrogen-bond donors (Lipinski definition) is 1. The Bertz CT molecular complexity index is 1110. The molecule has 4 aliphatic rings. The predicted octanol–water partition coefficient (Wildman–Crippen LogP) is 1.31. The van der Waals surface area contributed by atoms with Crippen LogP contribution in [0.15, 0.2) is 0 Å². The standard InChI is InChI=1S/C24H32F2O13S/c1-3-7-23(8-5-4-6-9-23)39-22(30)16-15-17-20(38-21(15)29)19(18(16)37-17)36-14(28)11-34-10-13(27)35-12(2)24(25,26)40(31,32)33/h12,15-20H,3-11H2,1-2H3,(H,31,32,33). The molecule has 1 aliphatic carbocycles. The summed E-state index contributed by atoms with van der Waals surface area (Å²) in [6, 6.07) is 0. The van der Waals surface area contributed by atoms with Crippen LogP contribution in [0.4, 0.5) is 8.78 Å². The van der Waals surface area contributed by atoms with Gasteiger partial charge in [-0.05, 0) is 39.0 Å². The van der Waals surface area contributed by atoms with Crippen molar-refractivity contribution in [2.45, 2.75) is 100 Å². The molecule has 3 aliphatic heterocycles. The molecule has 13 nitrogen and oxygen atoms in total. The molecule has 4 fully saturated rings. The van der Waals surface area contributed by atoms with Gasteiger partial charge in [-0.15, -0.1) is 0 Å². The predicted molar refractivity (Wildman–Crippen MR) is 125 cm³/mol. The molecule has 3 saturated heterocycles. The lowest BCUT2D eigenvalue weighted by Crippen LogP contribution is -2.50. The monoisotopic (exact) mass is 598 g/mol. The number of ether oxygens (including phenoxy) is 6. The van der Waals surface area contributed by atoms with Crippen LogP contribution in [0, 0.1) is 11.8 Å². The van der Waals surface area contributed by atoms with Crippen LogP contribution in [0.5, 0.6) is 0 Å². The molecule has 0 spiro atoms. The minimum atomic E-state index is -5.84. The van der Waals surface area contributed by atoms with Gasteiger partial charge in [0, 0.05) is 0 Å². The van der Waals surface area contributed by atoms with Gasteiger partial charge >= 0.3 is 39.2 Å². The van der Waals surface area contributed by atoms with Gasteiger partial charge < -0.3 is 28.4 Å². The van der Waals surface area contributed by atoms with Gasteiger partial charge in [0.2, 0.25) is 0 Å². The minimum Gasteiger partial charge on any atom is -0.459 e. The van der Waals surface area contributed by atoms with E-state index in [9.17, 15) is 36.4 Å². The molecule has 2 bridgehead atoms. The van der Waals surface area contributed by atoms with Crippen LogP contribution < -0.4 is 0 Å². The first kappa shape index (κ1) is 30.5. The molecule has 4 rings (SSSR count). The highest BCUT2D eigenvalue weighted by Gasteiger charge is 2.72. The summed E-state index contributed by atoms with van der Waals surface area (Å²) in [5, 5.41) is -4.76. The second-order valence-electron chi connectivity index (χ2n) is 10.5. The highest BCUT2D eigenvalue weighted by Crippen LogP contribution is 2.52. The van der Waals surface area contributed by atoms with Crippen LogP contribution in [0.25, 0.3) is 0 Å². The van der Waals surface area contributed by atoms with Crippen LogP contribution in [0.3, 0.4) is 0 Å². The zero-order chi connectivity index (χ0) is 29.5. The number of carbonyl (C=O) groups excluding carboxylic acids is 4. The number of alkyl halides is 2. The van der Waals surface area contributed by atoms with Crippen molar-refractivity contribution < 1.29 is 69.4 Å². The lowest BCUT2D eigenvalue weighted by Gasteiger charge is -2.38. The van der Waals surface area contributed by atoms with E-state index >= 15 is 0 Å². The summed E-state index contributed by atoms with van der Waals surface area (Å²) < 4.78 is 88.7. The Labute approximate surface area is 228 Å². The molecule has 7 unspecified atom stereocenters. The van der Waals surface area contributed by atoms with Crippen molar-refractivity contribution >= 4 is 34.0 Å². The highest BCUT2D eigenvalue weighted by atomic mass is 32.2. The van der Waals surface area contributed by atoms with E-state index in [1.807, 2.05) is 6.92 Å². The molecule has 0 radical (unpaired) electrons. The minimum absolute atomic E-state index is 0.547. The van der Waals surface area contributed by atoms with E-state index < -0.39 is 100 Å². The maximum absolute atomic E-state index is 13.5. The Morgan fingerprint density at radius 1 is 1.10 bits per heavy atom. The number of hydrogen-bond acceptors (Lipinski definition) is 12. The van der Waals surface area contributed by atoms with Gasteiger partial charge in [0.15, 0.2) is 18.3 Å². The number of fused-ring (bicyclic) bond motifs is 1. The third-order valence-electron chi connectivity index (χ3n) is 7.80. The first-order valence-electron chi connectivity index (χ1n) is 13.1. The summed E-state index contributed by atoms with van der Waals surface area (Å²) in [7, 11) is -5.84. The van der Waals surface area contributed by atoms with Gasteiger partial charge in [0.05, 0.1) is 0 Å². The van der Waals surface area contributed by atoms with E-state index in [1.54, 1.807) is 0 Å². The molecule has 0 aromatic rings. The van der Waals surface area contributed by atoms with Crippen molar-refractivity contribution in [3.05, 3.63) is 0 Å². The third-order valence-corrected chi connectivity index (χ3v) is 8.82. The molecular weight excluding hydrogens is 566 g/mol. The van der Waals surface area contributed by atoms with Crippen LogP contribution in [0.1, 0.15) is 58.8 Å². The summed E-state index contributed by atoms with van der Waals surface area (Å²) in [5.74, 6) is -5.65. The van der Waals surface area contributed by atoms with Gasteiger partial charge in [-0.1, -0.05) is 19.8 Å². The van der Waals surface area contributed by atoms with Crippen LogP contribution in [-0.2, 0) is 57.7 Å². The Kier molecular flexibility index (Phi) is 8.74. The second-order valence-corrected chi connectivity index (χ2v) is 12.0. The molecule has 226 valence electrons. The molecule has 0 aromatic heterocycles. The summed E-state index contributed by atoms with van der Waals surface area (Å²) in [4.78, 5) is 50.1. The number of esters is 4. The Balaban J connectivity index is 1.32. The molecule has 16 heteroatoms. The van der Waals surface area contributed by atoms with Gasteiger partial charge in [-0.3, -0.25) is 14.1 Å². The summed E-state index contributed by atoms with van der Waals surface area (Å²) >= 11 is 0. The molecule has 0 amide bonds. The first-order valence-corrected chi connectivity index (χ1v) is 14.5. The largest absolute Gasteiger partial charge is 0.459 e. The van der Waals surface area contributed by atoms with Crippen LogP contribution in [0.2, 0.25) is 0 Å². The van der Waals surface area contributed by atoms with E-state index in [-0.39, 0.29) is 0 Å². The molecule has 1 saturated carbocycles.